The number of hydrogen-bond acceptors (Lipinski definition) is 5. The van der Waals surface area contributed by atoms with Crippen molar-refractivity contribution in [2.24, 2.45) is 0 Å². The highest BCUT2D eigenvalue weighted by atomic mass is 35.5. The van der Waals surface area contributed by atoms with Gasteiger partial charge in [0.1, 0.15) is 12.3 Å². The van der Waals surface area contributed by atoms with Crippen molar-refractivity contribution in [3.05, 3.63) is 58.6 Å². The van der Waals surface area contributed by atoms with Crippen molar-refractivity contribution in [2.75, 3.05) is 0 Å². The second-order valence-corrected chi connectivity index (χ2v) is 7.36. The zero-order chi connectivity index (χ0) is 19.6. The third kappa shape index (κ3) is 4.57. The number of hydrogen-bond donors (Lipinski definition) is 0. The number of rotatable bonds is 5. The van der Waals surface area contributed by atoms with E-state index in [0.29, 0.717) is 11.4 Å². The number of halogens is 3. The monoisotopic (exact) mass is 393 g/mol. The van der Waals surface area contributed by atoms with Gasteiger partial charge in [0.05, 0.1) is 11.9 Å². The maximum absolute atomic E-state index is 13.0. The first-order chi connectivity index (χ1) is 12.7. The molecule has 0 N–H and O–H groups in total. The third-order valence-electron chi connectivity index (χ3n) is 3.86. The van der Waals surface area contributed by atoms with Crippen LogP contribution in [-0.4, -0.2) is 25.0 Å². The summed E-state index contributed by atoms with van der Waals surface area (Å²) in [6, 6.07) is 4.49. The minimum Gasteiger partial charge on any atom is -0.457 e. The highest BCUT2D eigenvalue weighted by molar-refractivity contribution is 6.31. The lowest BCUT2D eigenvalue weighted by Gasteiger charge is -2.17. The summed E-state index contributed by atoms with van der Waals surface area (Å²) < 4.78 is 32.8. The van der Waals surface area contributed by atoms with Gasteiger partial charge in [0, 0.05) is 23.0 Å². The predicted octanol–water partition coefficient (Wildman–Crippen LogP) is 4.52. The van der Waals surface area contributed by atoms with Crippen LogP contribution in [0, 0.1) is 0 Å². The molecule has 0 aliphatic carbocycles. The van der Waals surface area contributed by atoms with E-state index in [1.54, 1.807) is 24.7 Å². The molecule has 0 bridgehead atoms. The van der Waals surface area contributed by atoms with Crippen molar-refractivity contribution in [3.63, 3.8) is 0 Å². The Hall–Kier alpha value is -2.61. The fourth-order valence-corrected chi connectivity index (χ4v) is 2.45. The van der Waals surface area contributed by atoms with Crippen molar-refractivity contribution >= 4 is 11.6 Å². The van der Waals surface area contributed by atoms with E-state index in [1.165, 1.54) is 16.8 Å². The van der Waals surface area contributed by atoms with Crippen LogP contribution in [0.1, 0.15) is 44.0 Å². The maximum Gasteiger partial charge on any atom is 0.316 e. The molecular weight excluding hydrogens is 376 g/mol. The van der Waals surface area contributed by atoms with E-state index in [1.807, 2.05) is 0 Å². The molecule has 142 valence electrons. The van der Waals surface area contributed by atoms with Crippen LogP contribution in [-0.2, 0) is 12.0 Å². The van der Waals surface area contributed by atoms with Crippen molar-refractivity contribution < 1.29 is 13.5 Å². The van der Waals surface area contributed by atoms with Gasteiger partial charge in [0.15, 0.2) is 0 Å². The van der Waals surface area contributed by atoms with Gasteiger partial charge in [-0.3, -0.25) is 0 Å². The summed E-state index contributed by atoms with van der Waals surface area (Å²) in [7, 11) is 0. The Labute approximate surface area is 160 Å². The molecule has 0 unspecified atom stereocenters. The average Bonchev–Trinajstić information content (AvgIpc) is 3.09. The molecule has 2 aromatic heterocycles. The first kappa shape index (κ1) is 19.2. The summed E-state index contributed by atoms with van der Waals surface area (Å²) in [5.41, 5.74) is 1.64. The fraction of sp³-hybridized carbons (Fsp3) is 0.333. The minimum absolute atomic E-state index is 0.00766. The molecule has 0 aliphatic rings. The molecule has 0 radical (unpaired) electrons. The Balaban J connectivity index is 1.69. The lowest BCUT2D eigenvalue weighted by molar-refractivity contribution is 0.151. The molecule has 0 fully saturated rings. The summed E-state index contributed by atoms with van der Waals surface area (Å²) >= 11 is 5.78. The Morgan fingerprint density at radius 2 is 1.89 bits per heavy atom. The molecule has 9 heteroatoms. The van der Waals surface area contributed by atoms with Crippen LogP contribution in [0.4, 0.5) is 8.78 Å². The fourth-order valence-electron chi connectivity index (χ4n) is 2.25. The molecule has 0 saturated carbocycles. The van der Waals surface area contributed by atoms with Gasteiger partial charge in [-0.05, 0) is 29.2 Å². The zero-order valence-electron chi connectivity index (χ0n) is 15.0. The van der Waals surface area contributed by atoms with Crippen LogP contribution in [0.15, 0.2) is 36.8 Å². The van der Waals surface area contributed by atoms with Crippen LogP contribution >= 0.6 is 11.6 Å². The number of nitrogens with zero attached hydrogens (tertiary/aromatic N) is 5. The third-order valence-corrected chi connectivity index (χ3v) is 4.21. The first-order valence-corrected chi connectivity index (χ1v) is 8.56. The van der Waals surface area contributed by atoms with Gasteiger partial charge in [-0.2, -0.15) is 0 Å². The summed E-state index contributed by atoms with van der Waals surface area (Å²) in [4.78, 5) is 8.36. The van der Waals surface area contributed by atoms with E-state index in [-0.39, 0.29) is 28.6 Å². The van der Waals surface area contributed by atoms with E-state index in [0.717, 1.165) is 5.56 Å². The lowest BCUT2D eigenvalue weighted by Crippen LogP contribution is -2.12. The van der Waals surface area contributed by atoms with Crippen LogP contribution in [0.3, 0.4) is 0 Å². The Bertz CT molecular complexity index is 922. The van der Waals surface area contributed by atoms with Gasteiger partial charge in [-0.15, -0.1) is 5.10 Å². The summed E-state index contributed by atoms with van der Waals surface area (Å²) in [6.45, 7) is 6.31. The van der Waals surface area contributed by atoms with Crippen molar-refractivity contribution in [3.8, 4) is 11.7 Å². The molecule has 0 amide bonds. The topological polar surface area (TPSA) is 65.7 Å². The largest absolute Gasteiger partial charge is 0.457 e. The number of benzene rings is 1. The molecule has 3 rings (SSSR count). The van der Waals surface area contributed by atoms with E-state index >= 15 is 0 Å². The van der Waals surface area contributed by atoms with Gasteiger partial charge >= 0.3 is 6.01 Å². The van der Waals surface area contributed by atoms with Crippen molar-refractivity contribution in [2.45, 2.75) is 39.2 Å². The van der Waals surface area contributed by atoms with Crippen LogP contribution in [0.5, 0.6) is 6.01 Å². The Morgan fingerprint density at radius 1 is 1.19 bits per heavy atom. The molecule has 0 atom stereocenters. The second-order valence-electron chi connectivity index (χ2n) is 6.95. The highest BCUT2D eigenvalue weighted by Gasteiger charge is 2.16. The quantitative estimate of drug-likeness (QED) is 0.637. The van der Waals surface area contributed by atoms with E-state index in [4.69, 9.17) is 16.3 Å². The zero-order valence-corrected chi connectivity index (χ0v) is 15.8. The van der Waals surface area contributed by atoms with E-state index < -0.39 is 6.43 Å². The number of alkyl halides is 2. The van der Waals surface area contributed by atoms with Gasteiger partial charge in [-0.25, -0.2) is 23.4 Å². The van der Waals surface area contributed by atoms with E-state index in [2.05, 4.69) is 41.1 Å². The van der Waals surface area contributed by atoms with Gasteiger partial charge in [-0.1, -0.05) is 37.6 Å². The smallest absolute Gasteiger partial charge is 0.316 e. The summed E-state index contributed by atoms with van der Waals surface area (Å²) in [5.74, 6) is 0. The van der Waals surface area contributed by atoms with Crippen LogP contribution in [0.2, 0.25) is 5.02 Å². The molecule has 0 aliphatic heterocycles. The highest BCUT2D eigenvalue weighted by Crippen LogP contribution is 2.28. The lowest BCUT2D eigenvalue weighted by atomic mass is 9.89. The molecule has 27 heavy (non-hydrogen) atoms. The predicted molar refractivity (Wildman–Crippen MR) is 96.4 cm³/mol. The normalized spacial score (nSPS) is 11.8. The molecule has 0 spiro atoms. The molecule has 3 aromatic rings. The minimum atomic E-state index is -2.67. The Kier molecular flexibility index (Phi) is 5.36. The van der Waals surface area contributed by atoms with Crippen LogP contribution in [0.25, 0.3) is 5.69 Å². The van der Waals surface area contributed by atoms with Crippen LogP contribution < -0.4 is 4.74 Å². The maximum atomic E-state index is 13.0. The standard InChI is InChI=1S/C18H18ClF2N5O/c1-18(2,3)11-7-22-17(23-8-11)27-10-12-9-26(25-24-12)13-4-5-15(19)14(6-13)16(20)21/h4-9,16H,10H2,1-3H3. The van der Waals surface area contributed by atoms with Gasteiger partial charge < -0.3 is 4.74 Å². The van der Waals surface area contributed by atoms with E-state index in [9.17, 15) is 8.78 Å². The molecule has 2 heterocycles. The number of aromatic nitrogens is 5. The summed E-state index contributed by atoms with van der Waals surface area (Å²) in [6.07, 6.45) is 2.36. The van der Waals surface area contributed by atoms with Gasteiger partial charge in [0.25, 0.3) is 6.43 Å². The second kappa shape index (κ2) is 7.56. The molecule has 6 nitrogen and oxygen atoms in total. The molecular formula is C18H18ClF2N5O. The average molecular weight is 394 g/mol. The Morgan fingerprint density at radius 3 is 2.52 bits per heavy atom. The molecule has 0 saturated heterocycles. The SMILES string of the molecule is CC(C)(C)c1cnc(OCc2cn(-c3ccc(Cl)c(C(F)F)c3)nn2)nc1. The number of ether oxygens (including phenoxy) is 1. The van der Waals surface area contributed by atoms with Gasteiger partial charge in [0.2, 0.25) is 0 Å². The summed E-state index contributed by atoms with van der Waals surface area (Å²) in [5, 5.41) is 7.91. The first-order valence-electron chi connectivity index (χ1n) is 8.18. The molecule has 1 aromatic carbocycles. The van der Waals surface area contributed by atoms with Crippen molar-refractivity contribution in [1.82, 2.24) is 25.0 Å². The van der Waals surface area contributed by atoms with Crippen molar-refractivity contribution in [1.29, 1.82) is 0 Å².